The van der Waals surface area contributed by atoms with Crippen LogP contribution in [-0.4, -0.2) is 24.7 Å². The molecule has 0 atom stereocenters. The Morgan fingerprint density at radius 1 is 1.26 bits per heavy atom. The van der Waals surface area contributed by atoms with Gasteiger partial charge in [0.2, 0.25) is 0 Å². The largest absolute Gasteiger partial charge is 0.497 e. The van der Waals surface area contributed by atoms with E-state index in [4.69, 9.17) is 9.47 Å². The van der Waals surface area contributed by atoms with Crippen molar-refractivity contribution in [1.29, 1.82) is 0 Å². The van der Waals surface area contributed by atoms with Crippen molar-refractivity contribution in [2.75, 3.05) is 13.7 Å². The molecule has 0 aliphatic rings. The lowest BCUT2D eigenvalue weighted by Gasteiger charge is -2.01. The van der Waals surface area contributed by atoms with Gasteiger partial charge >= 0.3 is 5.97 Å². The van der Waals surface area contributed by atoms with Crippen LogP contribution in [0.15, 0.2) is 30.3 Å². The fourth-order valence-electron chi connectivity index (χ4n) is 1.90. The van der Waals surface area contributed by atoms with Crippen molar-refractivity contribution in [2.45, 2.75) is 13.8 Å². The SMILES string of the molecule is CCOC(=O)c1cc(-c2ccc(OC)cc2)[nH]c1C. The molecule has 0 saturated heterocycles. The van der Waals surface area contributed by atoms with Gasteiger partial charge in [0.05, 0.1) is 19.3 Å². The van der Waals surface area contributed by atoms with Crippen molar-refractivity contribution in [3.8, 4) is 17.0 Å². The van der Waals surface area contributed by atoms with Crippen LogP contribution in [0.3, 0.4) is 0 Å². The number of H-pyrrole nitrogens is 1. The number of esters is 1. The molecule has 4 nitrogen and oxygen atoms in total. The minimum absolute atomic E-state index is 0.295. The van der Waals surface area contributed by atoms with Crippen molar-refractivity contribution in [2.24, 2.45) is 0 Å². The minimum Gasteiger partial charge on any atom is -0.497 e. The van der Waals surface area contributed by atoms with E-state index in [2.05, 4.69) is 4.98 Å². The van der Waals surface area contributed by atoms with E-state index in [-0.39, 0.29) is 5.97 Å². The highest BCUT2D eigenvalue weighted by molar-refractivity contribution is 5.92. The molecule has 19 heavy (non-hydrogen) atoms. The van der Waals surface area contributed by atoms with Gasteiger partial charge in [-0.2, -0.15) is 0 Å². The quantitative estimate of drug-likeness (QED) is 0.858. The predicted octanol–water partition coefficient (Wildman–Crippen LogP) is 3.18. The third-order valence-electron chi connectivity index (χ3n) is 2.91. The molecule has 4 heteroatoms. The summed E-state index contributed by atoms with van der Waals surface area (Å²) in [5.41, 5.74) is 3.28. The second kappa shape index (κ2) is 5.61. The van der Waals surface area contributed by atoms with Gasteiger partial charge in [-0.25, -0.2) is 4.79 Å². The Kier molecular flexibility index (Phi) is 3.90. The molecule has 1 heterocycles. The molecule has 0 fully saturated rings. The summed E-state index contributed by atoms with van der Waals surface area (Å²) in [5, 5.41) is 0. The van der Waals surface area contributed by atoms with Crippen LogP contribution in [0.2, 0.25) is 0 Å². The zero-order valence-electron chi connectivity index (χ0n) is 11.3. The third-order valence-corrected chi connectivity index (χ3v) is 2.91. The van der Waals surface area contributed by atoms with Gasteiger partial charge in [0.1, 0.15) is 5.75 Å². The average molecular weight is 259 g/mol. The minimum atomic E-state index is -0.295. The fourth-order valence-corrected chi connectivity index (χ4v) is 1.90. The molecule has 2 rings (SSSR count). The van der Waals surface area contributed by atoms with Crippen molar-refractivity contribution < 1.29 is 14.3 Å². The number of hydrogen-bond donors (Lipinski definition) is 1. The van der Waals surface area contributed by atoms with Crippen LogP contribution >= 0.6 is 0 Å². The van der Waals surface area contributed by atoms with Crippen molar-refractivity contribution >= 4 is 5.97 Å². The van der Waals surface area contributed by atoms with Crippen molar-refractivity contribution in [3.05, 3.63) is 41.6 Å². The average Bonchev–Trinajstić information content (AvgIpc) is 2.81. The molecule has 0 unspecified atom stereocenters. The molecule has 0 radical (unpaired) electrons. The maximum Gasteiger partial charge on any atom is 0.339 e. The molecule has 1 aromatic heterocycles. The summed E-state index contributed by atoms with van der Waals surface area (Å²) in [6.07, 6.45) is 0. The van der Waals surface area contributed by atoms with E-state index in [0.717, 1.165) is 22.7 Å². The monoisotopic (exact) mass is 259 g/mol. The van der Waals surface area contributed by atoms with E-state index in [0.29, 0.717) is 12.2 Å². The number of nitrogens with one attached hydrogen (secondary N) is 1. The van der Waals surface area contributed by atoms with Crippen molar-refractivity contribution in [1.82, 2.24) is 4.98 Å². The summed E-state index contributed by atoms with van der Waals surface area (Å²) < 4.78 is 10.1. The van der Waals surface area contributed by atoms with E-state index in [1.807, 2.05) is 37.3 Å². The van der Waals surface area contributed by atoms with Gasteiger partial charge in [0, 0.05) is 11.4 Å². The van der Waals surface area contributed by atoms with Crippen LogP contribution in [0.1, 0.15) is 23.0 Å². The second-order valence-corrected chi connectivity index (χ2v) is 4.17. The lowest BCUT2D eigenvalue weighted by molar-refractivity contribution is 0.0526. The van der Waals surface area contributed by atoms with Gasteiger partial charge in [-0.3, -0.25) is 0 Å². The van der Waals surface area contributed by atoms with E-state index in [9.17, 15) is 4.79 Å². The maximum absolute atomic E-state index is 11.7. The summed E-state index contributed by atoms with van der Waals surface area (Å²) >= 11 is 0. The van der Waals surface area contributed by atoms with Gasteiger partial charge in [0.25, 0.3) is 0 Å². The Bertz CT molecular complexity index is 570. The number of benzene rings is 1. The maximum atomic E-state index is 11.7. The van der Waals surface area contributed by atoms with Crippen LogP contribution in [0.5, 0.6) is 5.75 Å². The number of rotatable bonds is 4. The Balaban J connectivity index is 2.30. The lowest BCUT2D eigenvalue weighted by Crippen LogP contribution is -2.04. The number of ether oxygens (including phenoxy) is 2. The molecule has 0 spiro atoms. The van der Waals surface area contributed by atoms with E-state index in [1.54, 1.807) is 14.0 Å². The second-order valence-electron chi connectivity index (χ2n) is 4.17. The van der Waals surface area contributed by atoms with Crippen LogP contribution < -0.4 is 4.74 Å². The summed E-state index contributed by atoms with van der Waals surface area (Å²) in [6, 6.07) is 9.47. The first-order valence-corrected chi connectivity index (χ1v) is 6.17. The van der Waals surface area contributed by atoms with Crippen molar-refractivity contribution in [3.63, 3.8) is 0 Å². The van der Waals surface area contributed by atoms with Gasteiger partial charge in [-0.1, -0.05) is 0 Å². The van der Waals surface area contributed by atoms with Gasteiger partial charge in [-0.05, 0) is 49.7 Å². The number of methoxy groups -OCH3 is 1. The molecule has 0 aliphatic carbocycles. The van der Waals surface area contributed by atoms with Gasteiger partial charge < -0.3 is 14.5 Å². The smallest absolute Gasteiger partial charge is 0.339 e. The van der Waals surface area contributed by atoms with Crippen LogP contribution in [0.4, 0.5) is 0 Å². The number of carbonyl (C=O) groups excluding carboxylic acids is 1. The number of aromatic nitrogens is 1. The van der Waals surface area contributed by atoms with Gasteiger partial charge in [0.15, 0.2) is 0 Å². The first kappa shape index (κ1) is 13.2. The first-order valence-electron chi connectivity index (χ1n) is 6.17. The normalized spacial score (nSPS) is 10.3. The van der Waals surface area contributed by atoms with Gasteiger partial charge in [-0.15, -0.1) is 0 Å². The molecular weight excluding hydrogens is 242 g/mol. The molecular formula is C15H17NO3. The first-order chi connectivity index (χ1) is 9.15. The Labute approximate surface area is 112 Å². The highest BCUT2D eigenvalue weighted by Crippen LogP contribution is 2.24. The third kappa shape index (κ3) is 2.78. The number of hydrogen-bond acceptors (Lipinski definition) is 3. The zero-order valence-corrected chi connectivity index (χ0v) is 11.3. The van der Waals surface area contributed by atoms with Crippen LogP contribution in [0, 0.1) is 6.92 Å². The molecule has 2 aromatic rings. The zero-order chi connectivity index (χ0) is 13.8. The molecule has 0 amide bonds. The Morgan fingerprint density at radius 3 is 2.53 bits per heavy atom. The van der Waals surface area contributed by atoms with Crippen LogP contribution in [0.25, 0.3) is 11.3 Å². The van der Waals surface area contributed by atoms with E-state index < -0.39 is 0 Å². The summed E-state index contributed by atoms with van der Waals surface area (Å²) in [6.45, 7) is 4.03. The summed E-state index contributed by atoms with van der Waals surface area (Å²) in [4.78, 5) is 14.9. The lowest BCUT2D eigenvalue weighted by atomic mass is 10.1. The predicted molar refractivity (Wildman–Crippen MR) is 73.5 cm³/mol. The molecule has 100 valence electrons. The number of carbonyl (C=O) groups is 1. The highest BCUT2D eigenvalue weighted by atomic mass is 16.5. The van der Waals surface area contributed by atoms with Crippen LogP contribution in [-0.2, 0) is 4.74 Å². The molecule has 1 aromatic carbocycles. The fraction of sp³-hybridized carbons (Fsp3) is 0.267. The molecule has 0 aliphatic heterocycles. The Morgan fingerprint density at radius 2 is 1.95 bits per heavy atom. The Hall–Kier alpha value is -2.23. The topological polar surface area (TPSA) is 51.3 Å². The van der Waals surface area contributed by atoms with E-state index in [1.165, 1.54) is 0 Å². The molecule has 0 saturated carbocycles. The number of aromatic amines is 1. The summed E-state index contributed by atoms with van der Waals surface area (Å²) in [5.74, 6) is 0.508. The standard InChI is InChI=1S/C15H17NO3/c1-4-19-15(17)13-9-14(16-10(13)2)11-5-7-12(18-3)8-6-11/h5-9,16H,4H2,1-3H3. The van der Waals surface area contributed by atoms with E-state index >= 15 is 0 Å². The number of aryl methyl sites for hydroxylation is 1. The molecule has 1 N–H and O–H groups in total. The summed E-state index contributed by atoms with van der Waals surface area (Å²) in [7, 11) is 1.63. The molecule has 0 bridgehead atoms. The highest BCUT2D eigenvalue weighted by Gasteiger charge is 2.14.